The standard InChI is InChI=1S/C9H5IN2O3S/c10-6-2-11-4-12-8(6)15-5-1-7(9(13)14)16-3-5/h1-4H,(H,13,14). The molecule has 0 atom stereocenters. The predicted octanol–water partition coefficient (Wildman–Crippen LogP) is 2.63. The van der Waals surface area contributed by atoms with Crippen LogP contribution in [0.3, 0.4) is 0 Å². The maximum atomic E-state index is 10.7. The number of nitrogens with zero attached hydrogens (tertiary/aromatic N) is 2. The first-order valence-corrected chi connectivity index (χ1v) is 6.08. The quantitative estimate of drug-likeness (QED) is 0.864. The van der Waals surface area contributed by atoms with Crippen molar-refractivity contribution in [3.05, 3.63) is 32.4 Å². The molecule has 0 aliphatic rings. The first-order valence-electron chi connectivity index (χ1n) is 4.12. The average molecular weight is 348 g/mol. The smallest absolute Gasteiger partial charge is 0.346 e. The van der Waals surface area contributed by atoms with Gasteiger partial charge in [0.2, 0.25) is 5.88 Å². The third-order valence-corrected chi connectivity index (χ3v) is 3.27. The zero-order valence-corrected chi connectivity index (χ0v) is 10.7. The summed E-state index contributed by atoms with van der Waals surface area (Å²) in [5, 5.41) is 10.4. The maximum Gasteiger partial charge on any atom is 0.346 e. The van der Waals surface area contributed by atoms with E-state index in [9.17, 15) is 4.79 Å². The van der Waals surface area contributed by atoms with Crippen molar-refractivity contribution < 1.29 is 14.6 Å². The van der Waals surface area contributed by atoms with Gasteiger partial charge in [-0.15, -0.1) is 11.3 Å². The fourth-order valence-corrected chi connectivity index (χ4v) is 2.03. The van der Waals surface area contributed by atoms with Gasteiger partial charge in [-0.1, -0.05) is 0 Å². The van der Waals surface area contributed by atoms with Crippen LogP contribution in [0.2, 0.25) is 0 Å². The molecule has 0 aliphatic carbocycles. The first-order chi connectivity index (χ1) is 7.66. The van der Waals surface area contributed by atoms with E-state index >= 15 is 0 Å². The van der Waals surface area contributed by atoms with Crippen LogP contribution in [0.4, 0.5) is 0 Å². The van der Waals surface area contributed by atoms with Gasteiger partial charge in [0, 0.05) is 17.6 Å². The Labute approximate surface area is 108 Å². The number of carboxylic acid groups (broad SMARTS) is 1. The molecule has 0 amide bonds. The van der Waals surface area contributed by atoms with E-state index in [2.05, 4.69) is 9.97 Å². The molecule has 7 heteroatoms. The highest BCUT2D eigenvalue weighted by molar-refractivity contribution is 14.1. The summed E-state index contributed by atoms with van der Waals surface area (Å²) in [4.78, 5) is 18.7. The molecule has 2 aromatic heterocycles. The van der Waals surface area contributed by atoms with Gasteiger partial charge in [-0.3, -0.25) is 0 Å². The topological polar surface area (TPSA) is 72.3 Å². The maximum absolute atomic E-state index is 10.7. The van der Waals surface area contributed by atoms with Crippen LogP contribution >= 0.6 is 33.9 Å². The highest BCUT2D eigenvalue weighted by Crippen LogP contribution is 2.27. The van der Waals surface area contributed by atoms with E-state index in [1.54, 1.807) is 11.6 Å². The molecule has 0 bridgehead atoms. The van der Waals surface area contributed by atoms with Gasteiger partial charge < -0.3 is 9.84 Å². The van der Waals surface area contributed by atoms with Gasteiger partial charge >= 0.3 is 5.97 Å². The van der Waals surface area contributed by atoms with Gasteiger partial charge in [-0.05, 0) is 22.6 Å². The van der Waals surface area contributed by atoms with Gasteiger partial charge in [-0.2, -0.15) is 0 Å². The molecule has 0 unspecified atom stereocenters. The third kappa shape index (κ3) is 2.47. The fourth-order valence-electron chi connectivity index (χ4n) is 0.973. The highest BCUT2D eigenvalue weighted by atomic mass is 127. The van der Waals surface area contributed by atoms with Crippen LogP contribution in [0.25, 0.3) is 0 Å². The van der Waals surface area contributed by atoms with Crippen molar-refractivity contribution in [1.29, 1.82) is 0 Å². The number of hydrogen-bond acceptors (Lipinski definition) is 5. The van der Waals surface area contributed by atoms with Gasteiger partial charge in [0.15, 0.2) is 0 Å². The van der Waals surface area contributed by atoms with Crippen LogP contribution in [-0.4, -0.2) is 21.0 Å². The molecular formula is C9H5IN2O3S. The lowest BCUT2D eigenvalue weighted by atomic mass is 10.4. The summed E-state index contributed by atoms with van der Waals surface area (Å²) in [5.74, 6) is -0.0680. The van der Waals surface area contributed by atoms with E-state index in [0.717, 1.165) is 14.9 Å². The number of rotatable bonds is 3. The van der Waals surface area contributed by atoms with Crippen LogP contribution in [0.1, 0.15) is 9.67 Å². The molecule has 0 saturated carbocycles. The van der Waals surface area contributed by atoms with Crippen molar-refractivity contribution in [3.8, 4) is 11.6 Å². The summed E-state index contributed by atoms with van der Waals surface area (Å²) in [6, 6.07) is 1.46. The Balaban J connectivity index is 2.21. The number of hydrogen-bond donors (Lipinski definition) is 1. The summed E-state index contributed by atoms with van der Waals surface area (Å²) in [6.07, 6.45) is 3.00. The summed E-state index contributed by atoms with van der Waals surface area (Å²) < 4.78 is 6.20. The Hall–Kier alpha value is -1.22. The average Bonchev–Trinajstić information content (AvgIpc) is 2.70. The molecule has 2 aromatic rings. The number of thiophene rings is 1. The zero-order valence-electron chi connectivity index (χ0n) is 7.75. The predicted molar refractivity (Wildman–Crippen MR) is 66.1 cm³/mol. The molecule has 2 heterocycles. The number of carboxylic acids is 1. The van der Waals surface area contributed by atoms with Crippen molar-refractivity contribution in [2.45, 2.75) is 0 Å². The monoisotopic (exact) mass is 348 g/mol. The summed E-state index contributed by atoms with van der Waals surface area (Å²) in [6.45, 7) is 0. The van der Waals surface area contributed by atoms with Crippen LogP contribution in [-0.2, 0) is 0 Å². The van der Waals surface area contributed by atoms with Crippen molar-refractivity contribution in [2.75, 3.05) is 0 Å². The molecule has 0 spiro atoms. The van der Waals surface area contributed by atoms with E-state index in [0.29, 0.717) is 11.6 Å². The SMILES string of the molecule is O=C(O)c1cc(Oc2ncncc2I)cs1. The Kier molecular flexibility index (Phi) is 3.34. The molecule has 16 heavy (non-hydrogen) atoms. The van der Waals surface area contributed by atoms with Crippen molar-refractivity contribution in [3.63, 3.8) is 0 Å². The Morgan fingerprint density at radius 2 is 2.38 bits per heavy atom. The summed E-state index contributed by atoms with van der Waals surface area (Å²) in [7, 11) is 0. The molecule has 5 nitrogen and oxygen atoms in total. The largest absolute Gasteiger partial charge is 0.477 e. The highest BCUT2D eigenvalue weighted by Gasteiger charge is 2.10. The van der Waals surface area contributed by atoms with Crippen LogP contribution in [0, 0.1) is 3.57 Å². The molecular weight excluding hydrogens is 343 g/mol. The molecule has 1 N–H and O–H groups in total. The van der Waals surface area contributed by atoms with E-state index in [1.165, 1.54) is 12.4 Å². The molecule has 0 radical (unpaired) electrons. The van der Waals surface area contributed by atoms with Crippen LogP contribution in [0.15, 0.2) is 24.0 Å². The molecule has 0 aromatic carbocycles. The van der Waals surface area contributed by atoms with Crippen molar-refractivity contribution in [1.82, 2.24) is 9.97 Å². The van der Waals surface area contributed by atoms with E-state index < -0.39 is 5.97 Å². The number of aromatic carboxylic acids is 1. The van der Waals surface area contributed by atoms with Crippen LogP contribution in [0.5, 0.6) is 11.6 Å². The van der Waals surface area contributed by atoms with Gasteiger partial charge in [0.1, 0.15) is 17.0 Å². The Bertz CT molecular complexity index is 529. The third-order valence-electron chi connectivity index (χ3n) is 1.63. The van der Waals surface area contributed by atoms with Crippen LogP contribution < -0.4 is 4.74 Å². The lowest BCUT2D eigenvalue weighted by molar-refractivity contribution is 0.0702. The van der Waals surface area contributed by atoms with E-state index in [4.69, 9.17) is 9.84 Å². The lowest BCUT2D eigenvalue weighted by Gasteiger charge is -2.02. The van der Waals surface area contributed by atoms with Gasteiger partial charge in [0.25, 0.3) is 0 Å². The number of ether oxygens (including phenoxy) is 1. The number of halogens is 1. The Morgan fingerprint density at radius 3 is 3.00 bits per heavy atom. The minimum atomic E-state index is -0.961. The number of carbonyl (C=O) groups is 1. The van der Waals surface area contributed by atoms with Crippen molar-refractivity contribution >= 4 is 39.9 Å². The first kappa shape index (κ1) is 11.3. The second-order valence-corrected chi connectivity index (χ2v) is 4.80. The summed E-state index contributed by atoms with van der Waals surface area (Å²) in [5.41, 5.74) is 0. The zero-order chi connectivity index (χ0) is 11.5. The van der Waals surface area contributed by atoms with Gasteiger partial charge in [0.05, 0.1) is 3.57 Å². The lowest BCUT2D eigenvalue weighted by Crippen LogP contribution is -1.92. The molecule has 0 aliphatic heterocycles. The summed E-state index contributed by atoms with van der Waals surface area (Å²) >= 11 is 3.16. The number of aromatic nitrogens is 2. The van der Waals surface area contributed by atoms with Crippen molar-refractivity contribution in [2.24, 2.45) is 0 Å². The fraction of sp³-hybridized carbons (Fsp3) is 0. The second kappa shape index (κ2) is 4.74. The molecule has 82 valence electrons. The Morgan fingerprint density at radius 1 is 1.56 bits per heavy atom. The van der Waals surface area contributed by atoms with E-state index in [1.807, 2.05) is 22.6 Å². The minimum Gasteiger partial charge on any atom is -0.477 e. The second-order valence-electron chi connectivity index (χ2n) is 2.73. The minimum absolute atomic E-state index is 0.235. The van der Waals surface area contributed by atoms with E-state index in [-0.39, 0.29) is 4.88 Å². The molecule has 2 rings (SSSR count). The van der Waals surface area contributed by atoms with Gasteiger partial charge in [-0.25, -0.2) is 14.8 Å². The molecule has 0 saturated heterocycles. The normalized spacial score (nSPS) is 10.1. The molecule has 0 fully saturated rings.